The molecule has 1 aromatic carbocycles. The number of anilines is 1. The number of aryl methyl sites for hydroxylation is 1. The van der Waals surface area contributed by atoms with Crippen LogP contribution >= 0.6 is 11.7 Å². The Morgan fingerprint density at radius 1 is 1.27 bits per heavy atom. The number of piperidine rings is 1. The van der Waals surface area contributed by atoms with Crippen LogP contribution < -0.4 is 10.1 Å². The molecule has 1 fully saturated rings. The number of carbonyl (C=O) groups excluding carboxylic acids is 1. The summed E-state index contributed by atoms with van der Waals surface area (Å²) in [4.78, 5) is 18.5. The molecule has 7 nitrogen and oxygen atoms in total. The van der Waals surface area contributed by atoms with Crippen molar-refractivity contribution in [1.82, 2.24) is 18.6 Å². The normalized spacial score (nSPS) is 15.2. The Kier molecular flexibility index (Phi) is 4.66. The van der Waals surface area contributed by atoms with Crippen LogP contribution in [0.1, 0.15) is 18.4 Å². The standard InChI is InChI=1S/C18H19N5O2S/c1-12-4-5-15-17(22-26-21-15)16(12)20-18(24)23-9-6-13(7-10-23)25-14-3-2-8-19-11-14/h2-5,8,11,13H,6-7,9-10H2,1H3,(H,20,24). The molecule has 2 aromatic heterocycles. The van der Waals surface area contributed by atoms with Crippen molar-refractivity contribution in [2.45, 2.75) is 25.9 Å². The average Bonchev–Trinajstić information content (AvgIpc) is 3.14. The molecular weight excluding hydrogens is 350 g/mol. The van der Waals surface area contributed by atoms with Gasteiger partial charge in [-0.15, -0.1) is 0 Å². The van der Waals surface area contributed by atoms with E-state index < -0.39 is 0 Å². The molecule has 0 aliphatic carbocycles. The molecule has 26 heavy (non-hydrogen) atoms. The smallest absolute Gasteiger partial charge is 0.321 e. The number of amides is 2. The summed E-state index contributed by atoms with van der Waals surface area (Å²) in [7, 11) is 0. The maximum atomic E-state index is 12.7. The summed E-state index contributed by atoms with van der Waals surface area (Å²) < 4.78 is 14.5. The number of fused-ring (bicyclic) bond motifs is 1. The van der Waals surface area contributed by atoms with Crippen molar-refractivity contribution >= 4 is 34.5 Å². The van der Waals surface area contributed by atoms with Gasteiger partial charge in [-0.25, -0.2) is 4.79 Å². The molecule has 1 N–H and O–H groups in total. The van der Waals surface area contributed by atoms with E-state index in [4.69, 9.17) is 4.74 Å². The molecule has 134 valence electrons. The van der Waals surface area contributed by atoms with Gasteiger partial charge in [-0.05, 0) is 30.7 Å². The Bertz CT molecular complexity index is 906. The first-order valence-electron chi connectivity index (χ1n) is 8.55. The second-order valence-corrected chi connectivity index (χ2v) is 6.84. The number of rotatable bonds is 3. The van der Waals surface area contributed by atoms with E-state index >= 15 is 0 Å². The first-order chi connectivity index (χ1) is 12.7. The number of urea groups is 1. The molecule has 0 unspecified atom stereocenters. The molecule has 0 bridgehead atoms. The Hall–Kier alpha value is -2.74. The second kappa shape index (κ2) is 7.25. The Morgan fingerprint density at radius 3 is 2.88 bits per heavy atom. The van der Waals surface area contributed by atoms with Gasteiger partial charge in [-0.3, -0.25) is 4.98 Å². The fourth-order valence-corrected chi connectivity index (χ4v) is 3.62. The van der Waals surface area contributed by atoms with Crippen LogP contribution in [0.3, 0.4) is 0 Å². The highest BCUT2D eigenvalue weighted by Gasteiger charge is 2.25. The first kappa shape index (κ1) is 16.7. The van der Waals surface area contributed by atoms with E-state index in [2.05, 4.69) is 19.0 Å². The van der Waals surface area contributed by atoms with Gasteiger partial charge >= 0.3 is 6.03 Å². The van der Waals surface area contributed by atoms with Gasteiger partial charge in [0.05, 0.1) is 23.6 Å². The van der Waals surface area contributed by atoms with Crippen molar-refractivity contribution in [2.24, 2.45) is 0 Å². The molecule has 8 heteroatoms. The summed E-state index contributed by atoms with van der Waals surface area (Å²) >= 11 is 1.15. The highest BCUT2D eigenvalue weighted by molar-refractivity contribution is 7.00. The summed E-state index contributed by atoms with van der Waals surface area (Å²) in [5.41, 5.74) is 3.28. The third-order valence-electron chi connectivity index (χ3n) is 4.53. The molecule has 2 amide bonds. The second-order valence-electron chi connectivity index (χ2n) is 6.31. The predicted octanol–water partition coefficient (Wildman–Crippen LogP) is 3.47. The van der Waals surface area contributed by atoms with Crippen LogP contribution in [-0.4, -0.2) is 43.9 Å². The maximum Gasteiger partial charge on any atom is 0.321 e. The van der Waals surface area contributed by atoms with E-state index in [1.807, 2.05) is 36.1 Å². The molecule has 0 atom stereocenters. The molecular formula is C18H19N5O2S. The molecule has 4 rings (SSSR count). The lowest BCUT2D eigenvalue weighted by Gasteiger charge is -2.32. The minimum absolute atomic E-state index is 0.103. The number of likely N-dealkylation sites (tertiary alicyclic amines) is 1. The number of hydrogen-bond acceptors (Lipinski definition) is 6. The lowest BCUT2D eigenvalue weighted by molar-refractivity contribution is 0.115. The van der Waals surface area contributed by atoms with E-state index in [0.717, 1.165) is 52.6 Å². The van der Waals surface area contributed by atoms with E-state index in [1.54, 1.807) is 12.4 Å². The third-order valence-corrected chi connectivity index (χ3v) is 5.08. The van der Waals surface area contributed by atoms with E-state index in [9.17, 15) is 4.79 Å². The topological polar surface area (TPSA) is 80.2 Å². The van der Waals surface area contributed by atoms with Gasteiger partial charge in [0.2, 0.25) is 0 Å². The lowest BCUT2D eigenvalue weighted by Crippen LogP contribution is -2.43. The van der Waals surface area contributed by atoms with Gasteiger partial charge in [-0.2, -0.15) is 8.75 Å². The zero-order chi connectivity index (χ0) is 17.9. The summed E-state index contributed by atoms with van der Waals surface area (Å²) in [5.74, 6) is 0.772. The van der Waals surface area contributed by atoms with E-state index in [1.165, 1.54) is 0 Å². The molecule has 0 spiro atoms. The van der Waals surface area contributed by atoms with Gasteiger partial charge < -0.3 is 15.0 Å². The van der Waals surface area contributed by atoms with Gasteiger partial charge in [0.15, 0.2) is 0 Å². The molecule has 0 radical (unpaired) electrons. The van der Waals surface area contributed by atoms with Gasteiger partial charge in [0, 0.05) is 32.1 Å². The Labute approximate surface area is 155 Å². The van der Waals surface area contributed by atoms with Gasteiger partial charge in [0.1, 0.15) is 22.9 Å². The summed E-state index contributed by atoms with van der Waals surface area (Å²) in [6.07, 6.45) is 5.13. The number of nitrogens with one attached hydrogen (secondary N) is 1. The molecule has 1 aliphatic heterocycles. The highest BCUT2D eigenvalue weighted by atomic mass is 32.1. The number of nitrogens with zero attached hydrogens (tertiary/aromatic N) is 4. The molecule has 1 aliphatic rings. The number of ether oxygens (including phenoxy) is 1. The van der Waals surface area contributed by atoms with Crippen LogP contribution in [0.25, 0.3) is 11.0 Å². The van der Waals surface area contributed by atoms with Crippen molar-refractivity contribution in [3.05, 3.63) is 42.2 Å². The zero-order valence-corrected chi connectivity index (χ0v) is 15.2. The van der Waals surface area contributed by atoms with Gasteiger partial charge in [0.25, 0.3) is 0 Å². The molecule has 3 aromatic rings. The van der Waals surface area contributed by atoms with Crippen molar-refractivity contribution in [2.75, 3.05) is 18.4 Å². The highest BCUT2D eigenvalue weighted by Crippen LogP contribution is 2.26. The van der Waals surface area contributed by atoms with Crippen LogP contribution in [0, 0.1) is 6.92 Å². The van der Waals surface area contributed by atoms with Crippen LogP contribution in [0.5, 0.6) is 5.75 Å². The van der Waals surface area contributed by atoms with Crippen molar-refractivity contribution in [1.29, 1.82) is 0 Å². The largest absolute Gasteiger partial charge is 0.489 e. The Morgan fingerprint density at radius 2 is 2.12 bits per heavy atom. The maximum absolute atomic E-state index is 12.7. The van der Waals surface area contributed by atoms with Crippen LogP contribution in [0.4, 0.5) is 10.5 Å². The number of aromatic nitrogens is 3. The van der Waals surface area contributed by atoms with Crippen LogP contribution in [-0.2, 0) is 0 Å². The lowest BCUT2D eigenvalue weighted by atomic mass is 10.1. The van der Waals surface area contributed by atoms with Crippen molar-refractivity contribution in [3.8, 4) is 5.75 Å². The molecule has 3 heterocycles. The van der Waals surface area contributed by atoms with Gasteiger partial charge in [-0.1, -0.05) is 6.07 Å². The van der Waals surface area contributed by atoms with Crippen LogP contribution in [0.15, 0.2) is 36.7 Å². The SMILES string of the molecule is Cc1ccc2nsnc2c1NC(=O)N1CCC(Oc2cccnc2)CC1. The zero-order valence-electron chi connectivity index (χ0n) is 14.4. The quantitative estimate of drug-likeness (QED) is 0.765. The van der Waals surface area contributed by atoms with Crippen LogP contribution in [0.2, 0.25) is 0 Å². The minimum Gasteiger partial charge on any atom is -0.489 e. The van der Waals surface area contributed by atoms with E-state index in [0.29, 0.717) is 13.1 Å². The summed E-state index contributed by atoms with van der Waals surface area (Å²) in [5, 5.41) is 3.01. The predicted molar refractivity (Wildman–Crippen MR) is 101 cm³/mol. The third kappa shape index (κ3) is 3.45. The Balaban J connectivity index is 1.38. The number of pyridine rings is 1. The number of hydrogen-bond donors (Lipinski definition) is 1. The fourth-order valence-electron chi connectivity index (χ4n) is 3.08. The van der Waals surface area contributed by atoms with E-state index in [-0.39, 0.29) is 12.1 Å². The average molecular weight is 369 g/mol. The number of benzene rings is 1. The molecule has 0 saturated carbocycles. The monoisotopic (exact) mass is 369 g/mol. The fraction of sp³-hybridized carbons (Fsp3) is 0.333. The van der Waals surface area contributed by atoms with Crippen molar-refractivity contribution in [3.63, 3.8) is 0 Å². The minimum atomic E-state index is -0.103. The summed E-state index contributed by atoms with van der Waals surface area (Å²) in [6.45, 7) is 3.27. The van der Waals surface area contributed by atoms with Crippen molar-refractivity contribution < 1.29 is 9.53 Å². The molecule has 1 saturated heterocycles. The first-order valence-corrected chi connectivity index (χ1v) is 9.28. The summed E-state index contributed by atoms with van der Waals surface area (Å²) in [6, 6.07) is 7.53. The number of carbonyl (C=O) groups is 1.